The van der Waals surface area contributed by atoms with Crippen LogP contribution >= 0.6 is 0 Å². The Balaban J connectivity index is 0.963. The van der Waals surface area contributed by atoms with Crippen molar-refractivity contribution in [3.8, 4) is 67.4 Å². The van der Waals surface area contributed by atoms with E-state index in [9.17, 15) is 0 Å². The molecular weight excluding hydrogens is 799 g/mol. The zero-order valence-electron chi connectivity index (χ0n) is 35.9. The number of aromatic nitrogens is 3. The lowest BCUT2D eigenvalue weighted by Gasteiger charge is -2.15. The van der Waals surface area contributed by atoms with Gasteiger partial charge in [0.1, 0.15) is 0 Å². The molecule has 0 N–H and O–H groups in total. The molecule has 0 unspecified atom stereocenters. The summed E-state index contributed by atoms with van der Waals surface area (Å²) in [6, 6.07) is 84.6. The van der Waals surface area contributed by atoms with E-state index in [1.54, 1.807) is 0 Å². The molecule has 0 saturated heterocycles. The predicted octanol–water partition coefficient (Wildman–Crippen LogP) is 16.8. The largest absolute Gasteiger partial charge is 0.247 e. The van der Waals surface area contributed by atoms with Gasteiger partial charge >= 0.3 is 0 Å². The summed E-state index contributed by atoms with van der Waals surface area (Å²) >= 11 is 0. The van der Waals surface area contributed by atoms with Crippen LogP contribution < -0.4 is 0 Å². The molecular formula is C63H39N3. The molecule has 13 rings (SSSR count). The Morgan fingerprint density at radius 2 is 0.758 bits per heavy atom. The predicted molar refractivity (Wildman–Crippen MR) is 277 cm³/mol. The van der Waals surface area contributed by atoms with Crippen LogP contribution in [-0.4, -0.2) is 15.0 Å². The first kappa shape index (κ1) is 37.7. The molecule has 3 nitrogen and oxygen atoms in total. The average Bonchev–Trinajstić information content (AvgIpc) is 3.40. The first-order valence-electron chi connectivity index (χ1n) is 22.5. The van der Waals surface area contributed by atoms with Gasteiger partial charge in [-0.2, -0.15) is 0 Å². The van der Waals surface area contributed by atoms with Gasteiger partial charge in [-0.1, -0.05) is 206 Å². The van der Waals surface area contributed by atoms with E-state index in [1.807, 2.05) is 0 Å². The van der Waals surface area contributed by atoms with Crippen molar-refractivity contribution in [3.05, 3.63) is 237 Å². The Kier molecular flexibility index (Phi) is 8.85. The smallest absolute Gasteiger partial charge is 0.161 e. The molecule has 0 aliphatic carbocycles. The Morgan fingerprint density at radius 1 is 0.242 bits per heavy atom. The second kappa shape index (κ2) is 15.5. The normalized spacial score (nSPS) is 11.6. The maximum atomic E-state index is 5.48. The van der Waals surface area contributed by atoms with Gasteiger partial charge in [-0.25, -0.2) is 15.0 Å². The zero-order valence-corrected chi connectivity index (χ0v) is 35.9. The van der Waals surface area contributed by atoms with Crippen LogP contribution in [0.25, 0.3) is 132 Å². The van der Waals surface area contributed by atoms with Gasteiger partial charge in [0.05, 0.1) is 22.6 Å². The molecule has 0 saturated carbocycles. The fourth-order valence-corrected chi connectivity index (χ4v) is 10.1. The molecule has 0 aliphatic heterocycles. The van der Waals surface area contributed by atoms with Crippen LogP contribution in [0.3, 0.4) is 0 Å². The van der Waals surface area contributed by atoms with E-state index in [2.05, 4.69) is 237 Å². The number of pyridine rings is 1. The van der Waals surface area contributed by atoms with Crippen LogP contribution in [0.2, 0.25) is 0 Å². The molecule has 3 heteroatoms. The number of nitrogens with zero attached hydrogens (tertiary/aromatic N) is 3. The highest BCUT2D eigenvalue weighted by molar-refractivity contribution is 6.18. The maximum Gasteiger partial charge on any atom is 0.161 e. The first-order chi connectivity index (χ1) is 32.7. The highest BCUT2D eigenvalue weighted by Crippen LogP contribution is 2.41. The number of para-hydroxylation sites is 1. The molecule has 11 aromatic carbocycles. The molecule has 0 atom stereocenters. The van der Waals surface area contributed by atoms with Crippen LogP contribution in [0.1, 0.15) is 0 Å². The SMILES string of the molecule is c1ccc(-c2nc3ccccc3c3c(-c4ccc(-c5cccc(-c6cc(-c7cc8ccccc8c8ccccc78)nc(-c7cc8ccccc8c8ccccc78)n6)c5)cc4)cccc23)cc1. The number of hydrogen-bond donors (Lipinski definition) is 0. The van der Waals surface area contributed by atoms with E-state index in [4.69, 9.17) is 15.0 Å². The van der Waals surface area contributed by atoms with Gasteiger partial charge in [-0.05, 0) is 95.7 Å². The lowest BCUT2D eigenvalue weighted by atomic mass is 9.92. The highest BCUT2D eigenvalue weighted by atomic mass is 14.9. The summed E-state index contributed by atoms with van der Waals surface area (Å²) in [5, 5.41) is 13.0. The van der Waals surface area contributed by atoms with E-state index in [1.165, 1.54) is 37.9 Å². The molecule has 0 spiro atoms. The minimum absolute atomic E-state index is 0.699. The lowest BCUT2D eigenvalue weighted by molar-refractivity contribution is 1.19. The van der Waals surface area contributed by atoms with Crippen molar-refractivity contribution in [2.24, 2.45) is 0 Å². The van der Waals surface area contributed by atoms with Crippen molar-refractivity contribution < 1.29 is 0 Å². The Morgan fingerprint density at radius 3 is 1.48 bits per heavy atom. The number of benzene rings is 11. The van der Waals surface area contributed by atoms with Crippen molar-refractivity contribution >= 4 is 64.8 Å². The molecule has 0 amide bonds. The van der Waals surface area contributed by atoms with Crippen LogP contribution in [0, 0.1) is 0 Å². The number of rotatable bonds is 6. The molecule has 13 aromatic rings. The van der Waals surface area contributed by atoms with Crippen LogP contribution in [0.5, 0.6) is 0 Å². The van der Waals surface area contributed by atoms with Gasteiger partial charge in [-0.3, -0.25) is 0 Å². The van der Waals surface area contributed by atoms with Crippen molar-refractivity contribution in [2.45, 2.75) is 0 Å². The summed E-state index contributed by atoms with van der Waals surface area (Å²) in [7, 11) is 0. The van der Waals surface area contributed by atoms with E-state index in [-0.39, 0.29) is 0 Å². The topological polar surface area (TPSA) is 38.7 Å². The second-order valence-corrected chi connectivity index (χ2v) is 17.1. The van der Waals surface area contributed by atoms with Gasteiger partial charge < -0.3 is 0 Å². The van der Waals surface area contributed by atoms with Gasteiger partial charge in [0, 0.05) is 38.4 Å². The van der Waals surface area contributed by atoms with E-state index < -0.39 is 0 Å². The zero-order chi connectivity index (χ0) is 43.6. The third-order valence-electron chi connectivity index (χ3n) is 13.2. The molecule has 2 heterocycles. The monoisotopic (exact) mass is 837 g/mol. The maximum absolute atomic E-state index is 5.48. The molecule has 0 bridgehead atoms. The second-order valence-electron chi connectivity index (χ2n) is 17.1. The van der Waals surface area contributed by atoms with Crippen molar-refractivity contribution in [1.82, 2.24) is 15.0 Å². The molecule has 2 aromatic heterocycles. The lowest BCUT2D eigenvalue weighted by Crippen LogP contribution is -1.98. The summed E-state index contributed by atoms with van der Waals surface area (Å²) in [5.41, 5.74) is 12.6. The standard InChI is InChI=1S/C63H39N3/c1-2-16-42(17-3-1)62-55-30-15-29-49(61(55)54-28-12-13-31-58(54)64-62)41-34-32-40(33-35-41)43-20-14-21-46(36-43)59-39-60(56-37-44-18-4-6-22-47(44)50-24-8-10-26-52(50)56)66-63(65-59)57-38-45-19-5-7-23-48(45)51-25-9-11-27-53(51)57/h1-39H. The summed E-state index contributed by atoms with van der Waals surface area (Å²) in [4.78, 5) is 16.1. The average molecular weight is 838 g/mol. The van der Waals surface area contributed by atoms with Crippen molar-refractivity contribution in [2.75, 3.05) is 0 Å². The number of hydrogen-bond acceptors (Lipinski definition) is 3. The number of fused-ring (bicyclic) bond motifs is 9. The van der Waals surface area contributed by atoms with Crippen molar-refractivity contribution in [1.29, 1.82) is 0 Å². The third kappa shape index (κ3) is 6.32. The molecule has 0 fully saturated rings. The highest BCUT2D eigenvalue weighted by Gasteiger charge is 2.19. The Hall–Kier alpha value is -8.79. The van der Waals surface area contributed by atoms with Gasteiger partial charge in [0.15, 0.2) is 5.82 Å². The van der Waals surface area contributed by atoms with Crippen LogP contribution in [0.15, 0.2) is 237 Å². The third-order valence-corrected chi connectivity index (χ3v) is 13.2. The molecule has 306 valence electrons. The minimum Gasteiger partial charge on any atom is -0.247 e. The molecule has 66 heavy (non-hydrogen) atoms. The van der Waals surface area contributed by atoms with E-state index in [0.717, 1.165) is 88.5 Å². The van der Waals surface area contributed by atoms with Gasteiger partial charge in [0.2, 0.25) is 0 Å². The quantitative estimate of drug-likeness (QED) is 0.157. The fourth-order valence-electron chi connectivity index (χ4n) is 10.1. The van der Waals surface area contributed by atoms with Gasteiger partial charge in [-0.15, -0.1) is 0 Å². The fraction of sp³-hybridized carbons (Fsp3) is 0. The Bertz CT molecular complexity index is 3910. The van der Waals surface area contributed by atoms with E-state index >= 15 is 0 Å². The summed E-state index contributed by atoms with van der Waals surface area (Å²) in [5.74, 6) is 0.699. The minimum atomic E-state index is 0.699. The summed E-state index contributed by atoms with van der Waals surface area (Å²) in [6.07, 6.45) is 0. The Labute approximate surface area is 382 Å². The van der Waals surface area contributed by atoms with E-state index in [0.29, 0.717) is 5.82 Å². The van der Waals surface area contributed by atoms with Crippen LogP contribution in [0.4, 0.5) is 0 Å². The first-order valence-corrected chi connectivity index (χ1v) is 22.5. The summed E-state index contributed by atoms with van der Waals surface area (Å²) in [6.45, 7) is 0. The molecule has 0 aliphatic rings. The summed E-state index contributed by atoms with van der Waals surface area (Å²) < 4.78 is 0. The molecule has 0 radical (unpaired) electrons. The van der Waals surface area contributed by atoms with Crippen molar-refractivity contribution in [3.63, 3.8) is 0 Å². The van der Waals surface area contributed by atoms with Crippen LogP contribution in [-0.2, 0) is 0 Å². The van der Waals surface area contributed by atoms with Gasteiger partial charge in [0.25, 0.3) is 0 Å².